The molecule has 3 rings (SSSR count). The number of hydrogen-bond acceptors (Lipinski definition) is 3. The smallest absolute Gasteiger partial charge is 0.237 e. The number of hydrogen-bond donors (Lipinski definition) is 0. The van der Waals surface area contributed by atoms with Crippen molar-refractivity contribution in [2.45, 2.75) is 38.8 Å². The van der Waals surface area contributed by atoms with Crippen LogP contribution in [0.15, 0.2) is 11.4 Å². The molecule has 1 unspecified atom stereocenters. The number of carbonyl (C=O) groups excluding carboxylic acids is 1. The quantitative estimate of drug-likeness (QED) is 0.844. The summed E-state index contributed by atoms with van der Waals surface area (Å²) in [5, 5.41) is 2.14. The van der Waals surface area contributed by atoms with E-state index in [1.807, 2.05) is 16.2 Å². The molecule has 0 aromatic carbocycles. The minimum absolute atomic E-state index is 0.284. The molecular weight excluding hydrogens is 256 g/mol. The van der Waals surface area contributed by atoms with Crippen LogP contribution in [0.2, 0.25) is 0 Å². The normalized spacial score (nSPS) is 20.5. The molecule has 0 saturated heterocycles. The van der Waals surface area contributed by atoms with E-state index < -0.39 is 0 Å². The SMILES string of the molecule is CC(C1CC1)N(C)CC(=O)N1CCc2sccc2C1. The summed E-state index contributed by atoms with van der Waals surface area (Å²) in [7, 11) is 2.08. The van der Waals surface area contributed by atoms with Gasteiger partial charge in [-0.15, -0.1) is 11.3 Å². The zero-order chi connectivity index (χ0) is 13.4. The number of likely N-dealkylation sites (N-methyl/N-ethyl adjacent to an activating group) is 1. The van der Waals surface area contributed by atoms with Gasteiger partial charge in [0.1, 0.15) is 0 Å². The third-order valence-corrected chi connectivity index (χ3v) is 5.57. The van der Waals surface area contributed by atoms with E-state index in [0.29, 0.717) is 12.6 Å². The zero-order valence-corrected chi connectivity index (χ0v) is 12.6. The first-order chi connectivity index (χ1) is 9.15. The zero-order valence-electron chi connectivity index (χ0n) is 11.8. The number of carbonyl (C=O) groups is 1. The molecule has 0 N–H and O–H groups in total. The van der Waals surface area contributed by atoms with Gasteiger partial charge in [-0.1, -0.05) is 0 Å². The van der Waals surface area contributed by atoms with Gasteiger partial charge in [0, 0.05) is 24.0 Å². The van der Waals surface area contributed by atoms with Crippen molar-refractivity contribution >= 4 is 17.2 Å². The van der Waals surface area contributed by atoms with E-state index in [1.165, 1.54) is 23.3 Å². The van der Waals surface area contributed by atoms with Gasteiger partial charge >= 0.3 is 0 Å². The summed E-state index contributed by atoms with van der Waals surface area (Å²) in [6, 6.07) is 2.71. The van der Waals surface area contributed by atoms with Crippen molar-refractivity contribution in [3.63, 3.8) is 0 Å². The second-order valence-electron chi connectivity index (χ2n) is 5.93. The van der Waals surface area contributed by atoms with Crippen LogP contribution in [0.5, 0.6) is 0 Å². The van der Waals surface area contributed by atoms with Crippen LogP contribution in [0.1, 0.15) is 30.2 Å². The summed E-state index contributed by atoms with van der Waals surface area (Å²) in [6.07, 6.45) is 3.70. The van der Waals surface area contributed by atoms with E-state index >= 15 is 0 Å². The van der Waals surface area contributed by atoms with Crippen LogP contribution >= 0.6 is 11.3 Å². The van der Waals surface area contributed by atoms with Gasteiger partial charge in [0.25, 0.3) is 0 Å². The average Bonchev–Trinajstić information content (AvgIpc) is 3.15. The van der Waals surface area contributed by atoms with Crippen molar-refractivity contribution in [2.24, 2.45) is 5.92 Å². The molecule has 4 heteroatoms. The first-order valence-electron chi connectivity index (χ1n) is 7.18. The molecule has 1 aromatic heterocycles. The maximum Gasteiger partial charge on any atom is 0.237 e. The Morgan fingerprint density at radius 1 is 1.58 bits per heavy atom. The first kappa shape index (κ1) is 13.1. The lowest BCUT2D eigenvalue weighted by Gasteiger charge is -2.31. The summed E-state index contributed by atoms with van der Waals surface area (Å²) in [5.74, 6) is 1.11. The van der Waals surface area contributed by atoms with Crippen molar-refractivity contribution in [1.29, 1.82) is 0 Å². The molecule has 0 spiro atoms. The topological polar surface area (TPSA) is 23.6 Å². The summed E-state index contributed by atoms with van der Waals surface area (Å²) in [5.41, 5.74) is 1.35. The van der Waals surface area contributed by atoms with Crippen LogP contribution < -0.4 is 0 Å². The summed E-state index contributed by atoms with van der Waals surface area (Å²) in [6.45, 7) is 4.51. The van der Waals surface area contributed by atoms with Crippen LogP contribution in [0.3, 0.4) is 0 Å². The van der Waals surface area contributed by atoms with Crippen LogP contribution in [0.25, 0.3) is 0 Å². The van der Waals surface area contributed by atoms with Gasteiger partial charge in [0.15, 0.2) is 0 Å². The van der Waals surface area contributed by atoms with Crippen LogP contribution in [0.4, 0.5) is 0 Å². The fraction of sp³-hybridized carbons (Fsp3) is 0.667. The summed E-state index contributed by atoms with van der Waals surface area (Å²) >= 11 is 1.82. The van der Waals surface area contributed by atoms with Crippen molar-refractivity contribution in [3.8, 4) is 0 Å². The van der Waals surface area contributed by atoms with E-state index in [-0.39, 0.29) is 5.91 Å². The Balaban J connectivity index is 1.56. The van der Waals surface area contributed by atoms with E-state index in [0.717, 1.165) is 25.4 Å². The van der Waals surface area contributed by atoms with Crippen LogP contribution in [-0.2, 0) is 17.8 Å². The number of thiophene rings is 1. The molecule has 1 atom stereocenters. The van der Waals surface area contributed by atoms with Gasteiger partial charge in [0.05, 0.1) is 6.54 Å². The molecule has 1 saturated carbocycles. The van der Waals surface area contributed by atoms with Crippen molar-refractivity contribution in [1.82, 2.24) is 9.80 Å². The number of fused-ring (bicyclic) bond motifs is 1. The number of nitrogens with zero attached hydrogens (tertiary/aromatic N) is 2. The van der Waals surface area contributed by atoms with Crippen molar-refractivity contribution < 1.29 is 4.79 Å². The molecule has 0 radical (unpaired) electrons. The maximum absolute atomic E-state index is 12.4. The monoisotopic (exact) mass is 278 g/mol. The molecule has 1 aliphatic carbocycles. The third-order valence-electron chi connectivity index (χ3n) is 4.54. The maximum atomic E-state index is 12.4. The van der Waals surface area contributed by atoms with Crippen molar-refractivity contribution in [2.75, 3.05) is 20.1 Å². The minimum atomic E-state index is 0.284. The lowest BCUT2D eigenvalue weighted by molar-refractivity contribution is -0.133. The van der Waals surface area contributed by atoms with Gasteiger partial charge in [-0.2, -0.15) is 0 Å². The molecule has 1 aliphatic heterocycles. The van der Waals surface area contributed by atoms with Gasteiger partial charge in [-0.3, -0.25) is 9.69 Å². The second kappa shape index (κ2) is 5.25. The standard InChI is InChI=1S/C15H22N2OS/c1-11(12-3-4-12)16(2)10-15(18)17-7-5-14-13(9-17)6-8-19-14/h6,8,11-12H,3-5,7,9-10H2,1-2H3. The summed E-state index contributed by atoms with van der Waals surface area (Å²) in [4.78, 5) is 18.1. The largest absolute Gasteiger partial charge is 0.337 e. The molecular formula is C15H22N2OS. The minimum Gasteiger partial charge on any atom is -0.337 e. The highest BCUT2D eigenvalue weighted by atomic mass is 32.1. The van der Waals surface area contributed by atoms with Gasteiger partial charge < -0.3 is 4.90 Å². The molecule has 104 valence electrons. The Morgan fingerprint density at radius 2 is 2.37 bits per heavy atom. The predicted molar refractivity (Wildman–Crippen MR) is 78.3 cm³/mol. The van der Waals surface area contributed by atoms with Gasteiger partial charge in [0.2, 0.25) is 5.91 Å². The van der Waals surface area contributed by atoms with E-state index in [2.05, 4.69) is 30.3 Å². The molecule has 19 heavy (non-hydrogen) atoms. The molecule has 0 bridgehead atoms. The Hall–Kier alpha value is -0.870. The Morgan fingerprint density at radius 3 is 3.11 bits per heavy atom. The number of amides is 1. The highest BCUT2D eigenvalue weighted by Crippen LogP contribution is 2.34. The molecule has 1 fully saturated rings. The lowest BCUT2D eigenvalue weighted by Crippen LogP contribution is -2.44. The summed E-state index contributed by atoms with van der Waals surface area (Å²) < 4.78 is 0. The lowest BCUT2D eigenvalue weighted by atomic mass is 10.1. The molecule has 1 amide bonds. The van der Waals surface area contributed by atoms with E-state index in [1.54, 1.807) is 0 Å². The molecule has 2 heterocycles. The predicted octanol–water partition coefficient (Wildman–Crippen LogP) is 2.36. The molecule has 2 aliphatic rings. The Kier molecular flexibility index (Phi) is 3.63. The fourth-order valence-electron chi connectivity index (χ4n) is 2.86. The first-order valence-corrected chi connectivity index (χ1v) is 8.06. The van der Waals surface area contributed by atoms with Gasteiger partial charge in [-0.05, 0) is 56.2 Å². The molecule has 3 nitrogen and oxygen atoms in total. The highest BCUT2D eigenvalue weighted by molar-refractivity contribution is 7.10. The van der Waals surface area contributed by atoms with Crippen LogP contribution in [-0.4, -0.2) is 41.9 Å². The number of rotatable bonds is 4. The van der Waals surface area contributed by atoms with Gasteiger partial charge in [-0.25, -0.2) is 0 Å². The Bertz CT molecular complexity index is 466. The van der Waals surface area contributed by atoms with Crippen LogP contribution in [0, 0.1) is 5.92 Å². The average molecular weight is 278 g/mol. The van der Waals surface area contributed by atoms with E-state index in [4.69, 9.17) is 0 Å². The van der Waals surface area contributed by atoms with E-state index in [9.17, 15) is 4.79 Å². The third kappa shape index (κ3) is 2.84. The van der Waals surface area contributed by atoms with Crippen molar-refractivity contribution in [3.05, 3.63) is 21.9 Å². The highest BCUT2D eigenvalue weighted by Gasteiger charge is 2.32. The Labute approximate surface area is 119 Å². The fourth-order valence-corrected chi connectivity index (χ4v) is 3.75. The molecule has 1 aromatic rings. The second-order valence-corrected chi connectivity index (χ2v) is 6.93.